The number of hydrogen-bond donors (Lipinski definition) is 1. The molecule has 0 saturated carbocycles. The van der Waals surface area contributed by atoms with E-state index in [1.807, 2.05) is 26.8 Å². The molecule has 1 heterocycles. The minimum Gasteiger partial charge on any atom is -0.336 e. The first kappa shape index (κ1) is 8.77. The van der Waals surface area contributed by atoms with Crippen LogP contribution in [0.25, 0.3) is 0 Å². The minimum atomic E-state index is -0.164. The van der Waals surface area contributed by atoms with Gasteiger partial charge in [-0.3, -0.25) is 0 Å². The van der Waals surface area contributed by atoms with Crippen LogP contribution < -0.4 is 5.32 Å². The molecule has 0 aliphatic carbocycles. The van der Waals surface area contributed by atoms with E-state index in [0.717, 1.165) is 11.4 Å². The predicted octanol–water partition coefficient (Wildman–Crippen LogP) is 1.08. The summed E-state index contributed by atoms with van der Waals surface area (Å²) in [7, 11) is 0. The standard InChI is InChI=1S/C8H13N3O/c1-4-9-8(12)11-7(3)5-6(2)10-11/h5H,4H2,1-3H3,(H,9,12). The summed E-state index contributed by atoms with van der Waals surface area (Å²) in [5.41, 5.74) is 1.72. The zero-order chi connectivity index (χ0) is 9.14. The van der Waals surface area contributed by atoms with Crippen molar-refractivity contribution in [1.29, 1.82) is 0 Å². The molecule has 0 spiro atoms. The summed E-state index contributed by atoms with van der Waals surface area (Å²) in [5, 5.41) is 6.71. The SMILES string of the molecule is CCNC(=O)n1nc(C)cc1C. The van der Waals surface area contributed by atoms with E-state index in [1.165, 1.54) is 4.68 Å². The second-order valence-corrected chi connectivity index (χ2v) is 2.67. The third kappa shape index (κ3) is 1.64. The van der Waals surface area contributed by atoms with Crippen LogP contribution in [0, 0.1) is 13.8 Å². The lowest BCUT2D eigenvalue weighted by Gasteiger charge is -2.02. The average Bonchev–Trinajstić information content (AvgIpc) is 2.30. The minimum absolute atomic E-state index is 0.164. The Kier molecular flexibility index (Phi) is 2.47. The summed E-state index contributed by atoms with van der Waals surface area (Å²) in [6.45, 7) is 6.22. The summed E-state index contributed by atoms with van der Waals surface area (Å²) in [4.78, 5) is 11.3. The number of rotatable bonds is 1. The van der Waals surface area contributed by atoms with Crippen molar-refractivity contribution in [1.82, 2.24) is 15.1 Å². The van der Waals surface area contributed by atoms with Crippen LogP contribution in [-0.2, 0) is 0 Å². The van der Waals surface area contributed by atoms with Crippen LogP contribution >= 0.6 is 0 Å². The molecule has 1 rings (SSSR count). The van der Waals surface area contributed by atoms with E-state index in [2.05, 4.69) is 10.4 Å². The topological polar surface area (TPSA) is 46.9 Å². The van der Waals surface area contributed by atoms with Crippen LogP contribution in [0.3, 0.4) is 0 Å². The molecular formula is C8H13N3O. The lowest BCUT2D eigenvalue weighted by molar-refractivity contribution is 0.239. The Morgan fingerprint density at radius 3 is 2.75 bits per heavy atom. The highest BCUT2D eigenvalue weighted by Gasteiger charge is 2.07. The van der Waals surface area contributed by atoms with Crippen molar-refractivity contribution < 1.29 is 4.79 Å². The number of aryl methyl sites for hydroxylation is 2. The lowest BCUT2D eigenvalue weighted by atomic mass is 10.4. The lowest BCUT2D eigenvalue weighted by Crippen LogP contribution is -2.29. The zero-order valence-electron chi connectivity index (χ0n) is 7.59. The molecule has 0 aliphatic heterocycles. The van der Waals surface area contributed by atoms with Crippen molar-refractivity contribution in [2.24, 2.45) is 0 Å². The van der Waals surface area contributed by atoms with Crippen molar-refractivity contribution in [2.45, 2.75) is 20.8 Å². The van der Waals surface area contributed by atoms with Gasteiger partial charge >= 0.3 is 6.03 Å². The monoisotopic (exact) mass is 167 g/mol. The number of carbonyl (C=O) groups excluding carboxylic acids is 1. The summed E-state index contributed by atoms with van der Waals surface area (Å²) < 4.78 is 1.37. The molecule has 0 unspecified atom stereocenters. The number of hydrogen-bond acceptors (Lipinski definition) is 2. The molecule has 66 valence electrons. The summed E-state index contributed by atoms with van der Waals surface area (Å²) >= 11 is 0. The van der Waals surface area contributed by atoms with Gasteiger partial charge in [0.05, 0.1) is 5.69 Å². The number of amides is 1. The van der Waals surface area contributed by atoms with Gasteiger partial charge in [0.2, 0.25) is 0 Å². The van der Waals surface area contributed by atoms with Crippen molar-refractivity contribution in [3.63, 3.8) is 0 Å². The van der Waals surface area contributed by atoms with E-state index in [0.29, 0.717) is 6.54 Å². The number of carbonyl (C=O) groups is 1. The van der Waals surface area contributed by atoms with Gasteiger partial charge < -0.3 is 5.32 Å². The van der Waals surface area contributed by atoms with Gasteiger partial charge in [0.1, 0.15) is 0 Å². The quantitative estimate of drug-likeness (QED) is 0.680. The second-order valence-electron chi connectivity index (χ2n) is 2.67. The van der Waals surface area contributed by atoms with Gasteiger partial charge in [0.15, 0.2) is 0 Å². The highest BCUT2D eigenvalue weighted by atomic mass is 16.2. The van der Waals surface area contributed by atoms with Gasteiger partial charge in [0.25, 0.3) is 0 Å². The van der Waals surface area contributed by atoms with Gasteiger partial charge in [-0.1, -0.05) is 0 Å². The Bertz CT molecular complexity index is 290. The first-order chi connectivity index (χ1) is 5.65. The normalized spacial score (nSPS) is 9.92. The maximum Gasteiger partial charge on any atom is 0.342 e. The molecule has 0 bridgehead atoms. The molecular weight excluding hydrogens is 154 g/mol. The molecule has 12 heavy (non-hydrogen) atoms. The van der Waals surface area contributed by atoms with Gasteiger partial charge in [-0.25, -0.2) is 4.79 Å². The highest BCUT2D eigenvalue weighted by Crippen LogP contribution is 2.00. The van der Waals surface area contributed by atoms with E-state index in [9.17, 15) is 4.79 Å². The number of aromatic nitrogens is 2. The van der Waals surface area contributed by atoms with Crippen molar-refractivity contribution in [2.75, 3.05) is 6.54 Å². The molecule has 1 N–H and O–H groups in total. The molecule has 1 aromatic heterocycles. The highest BCUT2D eigenvalue weighted by molar-refractivity contribution is 5.76. The Morgan fingerprint density at radius 2 is 2.33 bits per heavy atom. The number of nitrogens with one attached hydrogen (secondary N) is 1. The maximum absolute atomic E-state index is 11.3. The Balaban J connectivity index is 2.87. The molecule has 1 aromatic rings. The first-order valence-electron chi connectivity index (χ1n) is 3.96. The Labute approximate surface area is 71.6 Å². The van der Waals surface area contributed by atoms with Crippen LogP contribution in [0.15, 0.2) is 6.07 Å². The molecule has 0 aliphatic rings. The molecule has 0 aromatic carbocycles. The largest absolute Gasteiger partial charge is 0.342 e. The van der Waals surface area contributed by atoms with Gasteiger partial charge in [-0.05, 0) is 26.8 Å². The van der Waals surface area contributed by atoms with Crippen LogP contribution in [0.4, 0.5) is 4.79 Å². The first-order valence-corrected chi connectivity index (χ1v) is 3.96. The fourth-order valence-corrected chi connectivity index (χ4v) is 1.06. The predicted molar refractivity (Wildman–Crippen MR) is 46.2 cm³/mol. The van der Waals surface area contributed by atoms with Crippen LogP contribution in [0.2, 0.25) is 0 Å². The molecule has 4 nitrogen and oxygen atoms in total. The fourth-order valence-electron chi connectivity index (χ4n) is 1.06. The molecule has 0 radical (unpaired) electrons. The van der Waals surface area contributed by atoms with E-state index in [-0.39, 0.29) is 6.03 Å². The van der Waals surface area contributed by atoms with E-state index in [1.54, 1.807) is 0 Å². The van der Waals surface area contributed by atoms with Gasteiger partial charge in [-0.15, -0.1) is 0 Å². The second kappa shape index (κ2) is 3.38. The summed E-state index contributed by atoms with van der Waals surface area (Å²) in [6.07, 6.45) is 0. The van der Waals surface area contributed by atoms with E-state index < -0.39 is 0 Å². The molecule has 0 atom stereocenters. The third-order valence-electron chi connectivity index (χ3n) is 1.53. The molecule has 1 amide bonds. The van der Waals surface area contributed by atoms with E-state index >= 15 is 0 Å². The van der Waals surface area contributed by atoms with Gasteiger partial charge in [-0.2, -0.15) is 9.78 Å². The summed E-state index contributed by atoms with van der Waals surface area (Å²) in [6, 6.07) is 1.71. The van der Waals surface area contributed by atoms with Crippen molar-refractivity contribution >= 4 is 6.03 Å². The number of nitrogens with zero attached hydrogens (tertiary/aromatic N) is 2. The van der Waals surface area contributed by atoms with Crippen molar-refractivity contribution in [3.8, 4) is 0 Å². The van der Waals surface area contributed by atoms with Crippen molar-refractivity contribution in [3.05, 3.63) is 17.5 Å². The Hall–Kier alpha value is -1.32. The average molecular weight is 167 g/mol. The molecule has 0 saturated heterocycles. The van der Waals surface area contributed by atoms with Crippen LogP contribution in [-0.4, -0.2) is 22.4 Å². The fraction of sp³-hybridized carbons (Fsp3) is 0.500. The summed E-state index contributed by atoms with van der Waals surface area (Å²) in [5.74, 6) is 0. The van der Waals surface area contributed by atoms with Crippen LogP contribution in [0.1, 0.15) is 18.3 Å². The molecule has 4 heteroatoms. The van der Waals surface area contributed by atoms with Crippen LogP contribution in [0.5, 0.6) is 0 Å². The smallest absolute Gasteiger partial charge is 0.336 e. The molecule has 0 fully saturated rings. The Morgan fingerprint density at radius 1 is 1.67 bits per heavy atom. The maximum atomic E-state index is 11.3. The van der Waals surface area contributed by atoms with Gasteiger partial charge in [0, 0.05) is 12.2 Å². The van der Waals surface area contributed by atoms with E-state index in [4.69, 9.17) is 0 Å². The third-order valence-corrected chi connectivity index (χ3v) is 1.53. The zero-order valence-corrected chi connectivity index (χ0v) is 7.59.